The van der Waals surface area contributed by atoms with Crippen LogP contribution in [0.2, 0.25) is 0 Å². The molecule has 1 aliphatic heterocycles. The van der Waals surface area contributed by atoms with E-state index in [9.17, 15) is 10.1 Å². The van der Waals surface area contributed by atoms with Gasteiger partial charge < -0.3 is 10.1 Å². The molecular formula is C19H19N3O2S. The first-order valence-corrected chi connectivity index (χ1v) is 9.18. The summed E-state index contributed by atoms with van der Waals surface area (Å²) < 4.78 is 5.61. The van der Waals surface area contributed by atoms with E-state index in [0.717, 1.165) is 25.2 Å². The van der Waals surface area contributed by atoms with Crippen LogP contribution in [0, 0.1) is 18.3 Å². The Morgan fingerprint density at radius 1 is 1.44 bits per heavy atom. The molecule has 1 saturated heterocycles. The monoisotopic (exact) mass is 353 g/mol. The Kier molecular flexibility index (Phi) is 5.69. The molecule has 25 heavy (non-hydrogen) atoms. The van der Waals surface area contributed by atoms with Gasteiger partial charge in [-0.2, -0.15) is 5.26 Å². The third-order valence-electron chi connectivity index (χ3n) is 4.00. The van der Waals surface area contributed by atoms with Crippen LogP contribution in [0.25, 0.3) is 0 Å². The Balaban J connectivity index is 1.76. The molecule has 0 bridgehead atoms. The van der Waals surface area contributed by atoms with Crippen LogP contribution in [-0.2, 0) is 4.74 Å². The lowest BCUT2D eigenvalue weighted by Crippen LogP contribution is -2.15. The fraction of sp³-hybridized carbons (Fsp3) is 0.316. The van der Waals surface area contributed by atoms with Crippen molar-refractivity contribution in [3.05, 3.63) is 53.2 Å². The second kappa shape index (κ2) is 8.15. The predicted molar refractivity (Wildman–Crippen MR) is 97.8 cm³/mol. The summed E-state index contributed by atoms with van der Waals surface area (Å²) in [7, 11) is 0. The number of benzene rings is 1. The number of carbonyl (C=O) groups excluding carboxylic acids is 1. The molecule has 0 spiro atoms. The highest BCUT2D eigenvalue weighted by atomic mass is 32.2. The van der Waals surface area contributed by atoms with Gasteiger partial charge in [-0.05, 0) is 38.0 Å². The molecule has 1 aromatic carbocycles. The molecule has 6 heteroatoms. The number of carbonyl (C=O) groups is 1. The summed E-state index contributed by atoms with van der Waals surface area (Å²) in [5.74, 6) is 0.514. The highest BCUT2D eigenvalue weighted by Crippen LogP contribution is 2.27. The summed E-state index contributed by atoms with van der Waals surface area (Å²) in [5.41, 5.74) is 2.16. The van der Waals surface area contributed by atoms with Crippen LogP contribution in [0.4, 0.5) is 5.69 Å². The molecule has 0 aliphatic carbocycles. The van der Waals surface area contributed by atoms with Crippen molar-refractivity contribution in [3.63, 3.8) is 0 Å². The predicted octanol–water partition coefficient (Wildman–Crippen LogP) is 3.79. The SMILES string of the molecule is Cc1nc(SCC2CCCO2)c(C#N)cc1C(=O)Nc1ccccc1. The van der Waals surface area contributed by atoms with Crippen molar-refractivity contribution < 1.29 is 9.53 Å². The Morgan fingerprint density at radius 2 is 2.24 bits per heavy atom. The Hall–Kier alpha value is -2.36. The van der Waals surface area contributed by atoms with Crippen molar-refractivity contribution in [2.24, 2.45) is 0 Å². The molecule has 0 radical (unpaired) electrons. The van der Waals surface area contributed by atoms with E-state index in [2.05, 4.69) is 16.4 Å². The van der Waals surface area contributed by atoms with Gasteiger partial charge in [-0.1, -0.05) is 18.2 Å². The summed E-state index contributed by atoms with van der Waals surface area (Å²) >= 11 is 1.52. The minimum absolute atomic E-state index is 0.222. The maximum absolute atomic E-state index is 12.5. The molecule has 1 aromatic heterocycles. The van der Waals surface area contributed by atoms with Gasteiger partial charge in [0.2, 0.25) is 0 Å². The van der Waals surface area contributed by atoms with Crippen LogP contribution in [0.1, 0.15) is 34.5 Å². The van der Waals surface area contributed by atoms with Gasteiger partial charge in [0.25, 0.3) is 5.91 Å². The van der Waals surface area contributed by atoms with Crippen LogP contribution >= 0.6 is 11.8 Å². The maximum Gasteiger partial charge on any atom is 0.257 e. The van der Waals surface area contributed by atoms with Crippen molar-refractivity contribution in [2.45, 2.75) is 30.9 Å². The smallest absolute Gasteiger partial charge is 0.257 e. The number of ether oxygens (including phenoxy) is 1. The Bertz CT molecular complexity index is 796. The second-order valence-electron chi connectivity index (χ2n) is 5.85. The molecule has 2 aromatic rings. The van der Waals surface area contributed by atoms with Crippen molar-refractivity contribution in [1.29, 1.82) is 5.26 Å². The zero-order chi connectivity index (χ0) is 17.6. The van der Waals surface area contributed by atoms with E-state index in [1.54, 1.807) is 13.0 Å². The summed E-state index contributed by atoms with van der Waals surface area (Å²) in [6.45, 7) is 2.60. The number of nitriles is 1. The number of hydrogen-bond donors (Lipinski definition) is 1. The molecule has 1 atom stereocenters. The number of amides is 1. The average molecular weight is 353 g/mol. The molecule has 1 aliphatic rings. The number of aromatic nitrogens is 1. The first-order chi connectivity index (χ1) is 12.2. The van der Waals surface area contributed by atoms with E-state index in [1.807, 2.05) is 30.3 Å². The highest BCUT2D eigenvalue weighted by molar-refractivity contribution is 7.99. The summed E-state index contributed by atoms with van der Waals surface area (Å²) in [5, 5.41) is 12.9. The van der Waals surface area contributed by atoms with Crippen molar-refractivity contribution in [3.8, 4) is 6.07 Å². The van der Waals surface area contributed by atoms with Gasteiger partial charge >= 0.3 is 0 Å². The number of hydrogen-bond acceptors (Lipinski definition) is 5. The van der Waals surface area contributed by atoms with Gasteiger partial charge in [0.15, 0.2) is 0 Å². The van der Waals surface area contributed by atoms with E-state index < -0.39 is 0 Å². The molecule has 5 nitrogen and oxygen atoms in total. The first kappa shape index (κ1) is 17.5. The number of nitrogens with zero attached hydrogens (tertiary/aromatic N) is 2. The minimum Gasteiger partial charge on any atom is -0.377 e. The summed E-state index contributed by atoms with van der Waals surface area (Å²) in [6.07, 6.45) is 2.35. The molecule has 1 fully saturated rings. The molecule has 1 unspecified atom stereocenters. The van der Waals surface area contributed by atoms with Gasteiger partial charge in [0.1, 0.15) is 11.1 Å². The standard InChI is InChI=1S/C19H19N3O2S/c1-13-17(18(23)22-15-6-3-2-4-7-15)10-14(11-20)19(21-13)25-12-16-8-5-9-24-16/h2-4,6-7,10,16H,5,8-9,12H2,1H3,(H,22,23). The number of anilines is 1. The number of nitrogens with one attached hydrogen (secondary N) is 1. The van der Waals surface area contributed by atoms with Crippen molar-refractivity contribution in [1.82, 2.24) is 4.98 Å². The number of pyridine rings is 1. The second-order valence-corrected chi connectivity index (χ2v) is 6.86. The lowest BCUT2D eigenvalue weighted by atomic mass is 10.1. The van der Waals surface area contributed by atoms with Gasteiger partial charge in [-0.3, -0.25) is 4.79 Å². The molecule has 1 N–H and O–H groups in total. The molecular weight excluding hydrogens is 334 g/mol. The van der Waals surface area contributed by atoms with Gasteiger partial charge in [-0.25, -0.2) is 4.98 Å². The van der Waals surface area contributed by atoms with Crippen LogP contribution in [-0.4, -0.2) is 29.4 Å². The number of aryl methyl sites for hydroxylation is 1. The van der Waals surface area contributed by atoms with Crippen molar-refractivity contribution >= 4 is 23.4 Å². The Morgan fingerprint density at radius 3 is 2.92 bits per heavy atom. The van der Waals surface area contributed by atoms with Gasteiger partial charge in [-0.15, -0.1) is 11.8 Å². The number of para-hydroxylation sites is 1. The fourth-order valence-electron chi connectivity index (χ4n) is 2.67. The molecule has 128 valence electrons. The largest absolute Gasteiger partial charge is 0.377 e. The number of rotatable bonds is 5. The zero-order valence-electron chi connectivity index (χ0n) is 14.0. The van der Waals surface area contributed by atoms with Crippen LogP contribution in [0.3, 0.4) is 0 Å². The van der Waals surface area contributed by atoms with E-state index in [-0.39, 0.29) is 12.0 Å². The normalized spacial score (nSPS) is 16.4. The van der Waals surface area contributed by atoms with Crippen LogP contribution in [0.5, 0.6) is 0 Å². The van der Waals surface area contributed by atoms with E-state index in [4.69, 9.17) is 4.74 Å². The molecule has 1 amide bonds. The lowest BCUT2D eigenvalue weighted by molar-refractivity contribution is 0.102. The zero-order valence-corrected chi connectivity index (χ0v) is 14.8. The van der Waals surface area contributed by atoms with E-state index in [0.29, 0.717) is 27.5 Å². The van der Waals surface area contributed by atoms with Gasteiger partial charge in [0.05, 0.1) is 22.9 Å². The third kappa shape index (κ3) is 4.38. The van der Waals surface area contributed by atoms with E-state index in [1.165, 1.54) is 11.8 Å². The fourth-order valence-corrected chi connectivity index (χ4v) is 3.74. The number of thioether (sulfide) groups is 1. The highest BCUT2D eigenvalue weighted by Gasteiger charge is 2.19. The molecule has 2 heterocycles. The molecule has 3 rings (SSSR count). The Labute approximate surface area is 151 Å². The van der Waals surface area contributed by atoms with Gasteiger partial charge in [0, 0.05) is 18.0 Å². The van der Waals surface area contributed by atoms with Crippen LogP contribution < -0.4 is 5.32 Å². The lowest BCUT2D eigenvalue weighted by Gasteiger charge is -2.12. The quantitative estimate of drug-likeness (QED) is 0.828. The topological polar surface area (TPSA) is 75.0 Å². The maximum atomic E-state index is 12.5. The van der Waals surface area contributed by atoms with Crippen LogP contribution in [0.15, 0.2) is 41.4 Å². The average Bonchev–Trinajstić information content (AvgIpc) is 3.14. The summed E-state index contributed by atoms with van der Waals surface area (Å²) in [4.78, 5) is 17.0. The minimum atomic E-state index is -0.261. The summed E-state index contributed by atoms with van der Waals surface area (Å²) in [6, 6.07) is 13.0. The molecule has 0 saturated carbocycles. The van der Waals surface area contributed by atoms with E-state index >= 15 is 0 Å². The first-order valence-electron chi connectivity index (χ1n) is 8.20. The third-order valence-corrected chi connectivity index (χ3v) is 5.13. The van der Waals surface area contributed by atoms with Crippen molar-refractivity contribution in [2.75, 3.05) is 17.7 Å².